The van der Waals surface area contributed by atoms with Gasteiger partial charge in [-0.25, -0.2) is 4.79 Å². The Bertz CT molecular complexity index is 817. The zero-order valence-electron chi connectivity index (χ0n) is 17.1. The van der Waals surface area contributed by atoms with Crippen LogP contribution in [-0.4, -0.2) is 46.6 Å². The maximum absolute atomic E-state index is 12.2. The van der Waals surface area contributed by atoms with Crippen LogP contribution in [0.1, 0.15) is 33.6 Å². The number of benzene rings is 1. The van der Waals surface area contributed by atoms with Crippen molar-refractivity contribution < 1.29 is 14.3 Å². The molecule has 0 aliphatic carbocycles. The van der Waals surface area contributed by atoms with Crippen LogP contribution in [0.5, 0.6) is 5.75 Å². The van der Waals surface area contributed by atoms with E-state index in [0.717, 1.165) is 49.4 Å². The van der Waals surface area contributed by atoms with Crippen LogP contribution in [0.25, 0.3) is 11.1 Å². The first kappa shape index (κ1) is 20.0. The predicted octanol–water partition coefficient (Wildman–Crippen LogP) is 3.79. The lowest BCUT2D eigenvalue weighted by Crippen LogP contribution is -2.42. The lowest BCUT2D eigenvalue weighted by Gasteiger charge is -2.33. The van der Waals surface area contributed by atoms with Gasteiger partial charge in [0.05, 0.1) is 13.3 Å². The molecule has 0 bridgehead atoms. The molecule has 1 aromatic heterocycles. The van der Waals surface area contributed by atoms with Crippen molar-refractivity contribution in [2.24, 2.45) is 5.92 Å². The van der Waals surface area contributed by atoms with E-state index < -0.39 is 5.60 Å². The molecule has 7 nitrogen and oxygen atoms in total. The topological polar surface area (TPSA) is 82.6 Å². The number of piperidine rings is 1. The van der Waals surface area contributed by atoms with Gasteiger partial charge in [0, 0.05) is 43.1 Å². The normalized spacial score (nSPS) is 15.5. The number of likely N-dealkylation sites (tertiary alicyclic amines) is 1. The predicted molar refractivity (Wildman–Crippen MR) is 109 cm³/mol. The minimum absolute atomic E-state index is 0.220. The molecule has 1 amide bonds. The standard InChI is InChI=1S/C21H30N4O3/c1-21(2,3)28-20(26)24-7-5-15(6-8-24)13-25-14-17(12-23-25)16-9-18(22)11-19(10-16)27-4/h9-12,14-15H,5-8,13,22H2,1-4H3. The summed E-state index contributed by atoms with van der Waals surface area (Å²) in [5, 5.41) is 4.50. The Kier molecular flexibility index (Phi) is 5.82. The lowest BCUT2D eigenvalue weighted by atomic mass is 9.97. The van der Waals surface area contributed by atoms with E-state index in [1.54, 1.807) is 18.1 Å². The van der Waals surface area contributed by atoms with E-state index in [9.17, 15) is 4.79 Å². The van der Waals surface area contributed by atoms with Crippen LogP contribution in [0.4, 0.5) is 10.5 Å². The van der Waals surface area contributed by atoms with Gasteiger partial charge in [-0.3, -0.25) is 4.68 Å². The van der Waals surface area contributed by atoms with E-state index in [1.165, 1.54) is 0 Å². The smallest absolute Gasteiger partial charge is 0.410 e. The number of methoxy groups -OCH3 is 1. The van der Waals surface area contributed by atoms with Crippen molar-refractivity contribution in [1.82, 2.24) is 14.7 Å². The fraction of sp³-hybridized carbons (Fsp3) is 0.524. The largest absolute Gasteiger partial charge is 0.497 e. The first-order valence-electron chi connectivity index (χ1n) is 9.69. The molecule has 7 heteroatoms. The van der Waals surface area contributed by atoms with Gasteiger partial charge in [0.25, 0.3) is 0 Å². The average molecular weight is 386 g/mol. The summed E-state index contributed by atoms with van der Waals surface area (Å²) in [6.07, 6.45) is 5.56. The minimum Gasteiger partial charge on any atom is -0.497 e. The van der Waals surface area contributed by atoms with Gasteiger partial charge in [-0.2, -0.15) is 5.10 Å². The van der Waals surface area contributed by atoms with E-state index >= 15 is 0 Å². The molecule has 1 aliphatic rings. The van der Waals surface area contributed by atoms with E-state index in [2.05, 4.69) is 5.10 Å². The third kappa shape index (κ3) is 5.18. The number of ether oxygens (including phenoxy) is 2. The Labute approximate surface area is 166 Å². The monoisotopic (exact) mass is 386 g/mol. The van der Waals surface area contributed by atoms with Crippen LogP contribution in [0.3, 0.4) is 0 Å². The lowest BCUT2D eigenvalue weighted by molar-refractivity contribution is 0.0177. The Balaban J connectivity index is 1.57. The number of nitrogens with two attached hydrogens (primary N) is 1. The molecule has 1 aromatic carbocycles. The Hall–Kier alpha value is -2.70. The van der Waals surface area contributed by atoms with Crippen molar-refractivity contribution >= 4 is 11.8 Å². The fourth-order valence-corrected chi connectivity index (χ4v) is 3.41. The number of aromatic nitrogens is 2. The number of carbonyl (C=O) groups excluding carboxylic acids is 1. The van der Waals surface area contributed by atoms with E-state index in [0.29, 0.717) is 11.6 Å². The first-order chi connectivity index (χ1) is 13.2. The van der Waals surface area contributed by atoms with Crippen LogP contribution >= 0.6 is 0 Å². The number of amides is 1. The summed E-state index contributed by atoms with van der Waals surface area (Å²) in [5.74, 6) is 1.22. The minimum atomic E-state index is -0.455. The highest BCUT2D eigenvalue weighted by molar-refractivity contribution is 5.69. The molecule has 3 rings (SSSR count). The highest BCUT2D eigenvalue weighted by Crippen LogP contribution is 2.28. The molecule has 1 fully saturated rings. The quantitative estimate of drug-likeness (QED) is 0.809. The van der Waals surface area contributed by atoms with E-state index in [1.807, 2.05) is 50.0 Å². The third-order valence-corrected chi connectivity index (χ3v) is 4.84. The molecule has 2 aromatic rings. The van der Waals surface area contributed by atoms with Gasteiger partial charge >= 0.3 is 6.09 Å². The maximum atomic E-state index is 12.2. The number of hydrogen-bond acceptors (Lipinski definition) is 5. The molecular formula is C21H30N4O3. The summed E-state index contributed by atoms with van der Waals surface area (Å²) >= 11 is 0. The number of anilines is 1. The Morgan fingerprint density at radius 3 is 2.57 bits per heavy atom. The van der Waals surface area contributed by atoms with E-state index in [4.69, 9.17) is 15.2 Å². The second kappa shape index (κ2) is 8.12. The SMILES string of the molecule is COc1cc(N)cc(-c2cnn(CC3CCN(C(=O)OC(C)(C)C)CC3)c2)c1. The number of carbonyl (C=O) groups is 1. The van der Waals surface area contributed by atoms with Crippen molar-refractivity contribution in [2.75, 3.05) is 25.9 Å². The summed E-state index contributed by atoms with van der Waals surface area (Å²) in [6.45, 7) is 7.95. The van der Waals surface area contributed by atoms with Gasteiger partial charge in [0.1, 0.15) is 11.4 Å². The van der Waals surface area contributed by atoms with Crippen molar-refractivity contribution in [1.29, 1.82) is 0 Å². The molecule has 152 valence electrons. The molecule has 2 heterocycles. The summed E-state index contributed by atoms with van der Waals surface area (Å²) in [4.78, 5) is 14.0. The number of rotatable bonds is 4. The molecule has 1 aliphatic heterocycles. The van der Waals surface area contributed by atoms with Gasteiger partial charge < -0.3 is 20.1 Å². The van der Waals surface area contributed by atoms with Crippen molar-refractivity contribution in [2.45, 2.75) is 45.8 Å². The zero-order valence-corrected chi connectivity index (χ0v) is 17.1. The van der Waals surface area contributed by atoms with Crippen molar-refractivity contribution in [3.63, 3.8) is 0 Å². The maximum Gasteiger partial charge on any atom is 0.410 e. The van der Waals surface area contributed by atoms with Crippen molar-refractivity contribution in [3.05, 3.63) is 30.6 Å². The second-order valence-electron chi connectivity index (χ2n) is 8.36. The highest BCUT2D eigenvalue weighted by atomic mass is 16.6. The molecule has 0 atom stereocenters. The molecule has 0 saturated carbocycles. The Morgan fingerprint density at radius 1 is 1.21 bits per heavy atom. The molecule has 0 spiro atoms. The second-order valence-corrected chi connectivity index (χ2v) is 8.36. The number of nitrogens with zero attached hydrogens (tertiary/aromatic N) is 3. The summed E-state index contributed by atoms with van der Waals surface area (Å²) in [6, 6.07) is 5.67. The zero-order chi connectivity index (χ0) is 20.3. The molecule has 28 heavy (non-hydrogen) atoms. The van der Waals surface area contributed by atoms with Crippen LogP contribution in [0.15, 0.2) is 30.6 Å². The Morgan fingerprint density at radius 2 is 1.93 bits per heavy atom. The molecule has 2 N–H and O–H groups in total. The first-order valence-corrected chi connectivity index (χ1v) is 9.69. The van der Waals surface area contributed by atoms with Gasteiger partial charge in [-0.1, -0.05) is 0 Å². The number of nitrogen functional groups attached to an aromatic ring is 1. The summed E-state index contributed by atoms with van der Waals surface area (Å²) in [7, 11) is 1.63. The van der Waals surface area contributed by atoms with Crippen LogP contribution < -0.4 is 10.5 Å². The van der Waals surface area contributed by atoms with Gasteiger partial charge in [-0.05, 0) is 57.2 Å². The summed E-state index contributed by atoms with van der Waals surface area (Å²) < 4.78 is 12.7. The highest BCUT2D eigenvalue weighted by Gasteiger charge is 2.27. The van der Waals surface area contributed by atoms with Gasteiger partial charge in [0.2, 0.25) is 0 Å². The fourth-order valence-electron chi connectivity index (χ4n) is 3.41. The van der Waals surface area contributed by atoms with Gasteiger partial charge in [0.15, 0.2) is 0 Å². The third-order valence-electron chi connectivity index (χ3n) is 4.84. The summed E-state index contributed by atoms with van der Waals surface area (Å²) in [5.41, 5.74) is 8.16. The van der Waals surface area contributed by atoms with Crippen molar-refractivity contribution in [3.8, 4) is 16.9 Å². The molecule has 1 saturated heterocycles. The van der Waals surface area contributed by atoms with Gasteiger partial charge in [-0.15, -0.1) is 0 Å². The van der Waals surface area contributed by atoms with Crippen LogP contribution in [0, 0.1) is 5.92 Å². The number of hydrogen-bond donors (Lipinski definition) is 1. The average Bonchev–Trinajstić information content (AvgIpc) is 3.09. The molecule has 0 radical (unpaired) electrons. The molecular weight excluding hydrogens is 356 g/mol. The van der Waals surface area contributed by atoms with E-state index in [-0.39, 0.29) is 6.09 Å². The van der Waals surface area contributed by atoms with Crippen LogP contribution in [0.2, 0.25) is 0 Å². The molecule has 0 unspecified atom stereocenters. The van der Waals surface area contributed by atoms with Crippen LogP contribution in [-0.2, 0) is 11.3 Å².